The number of fused-ring (bicyclic) bond motifs is 6. The predicted octanol–water partition coefficient (Wildman–Crippen LogP) is 2.75. The summed E-state index contributed by atoms with van der Waals surface area (Å²) in [7, 11) is 4.92. The molecule has 318 valence electrons. The fourth-order valence-corrected chi connectivity index (χ4v) is 13.5. The van der Waals surface area contributed by atoms with Crippen molar-refractivity contribution in [3.8, 4) is 5.75 Å². The van der Waals surface area contributed by atoms with Gasteiger partial charge in [0.1, 0.15) is 17.3 Å². The van der Waals surface area contributed by atoms with Crippen LogP contribution in [0.1, 0.15) is 74.8 Å². The summed E-state index contributed by atoms with van der Waals surface area (Å²) >= 11 is 0. The third-order valence-corrected chi connectivity index (χ3v) is 15.8. The van der Waals surface area contributed by atoms with Gasteiger partial charge >= 0.3 is 5.97 Å². The number of H-pyrrole nitrogens is 1. The van der Waals surface area contributed by atoms with Gasteiger partial charge in [-0.25, -0.2) is 0 Å². The maximum atomic E-state index is 15.3. The Hall–Kier alpha value is -3.98. The number of rotatable bonds is 9. The van der Waals surface area contributed by atoms with Crippen molar-refractivity contribution in [3.05, 3.63) is 70.9 Å². The Morgan fingerprint density at radius 3 is 2.56 bits per heavy atom. The quantitative estimate of drug-likeness (QED) is 0.107. The molecule has 3 aromatic rings. The molecular weight excluding hydrogens is 751 g/mol. The van der Waals surface area contributed by atoms with Crippen LogP contribution in [-0.2, 0) is 31.6 Å². The number of aliphatic hydroxyl groups is 4. The van der Waals surface area contributed by atoms with Crippen LogP contribution in [0.5, 0.6) is 5.75 Å². The second-order valence-corrected chi connectivity index (χ2v) is 18.5. The molecule has 59 heavy (non-hydrogen) atoms. The Bertz CT molecular complexity index is 2190. The Labute approximate surface area is 346 Å². The van der Waals surface area contributed by atoms with Gasteiger partial charge in [-0.15, -0.1) is 0 Å². The number of piperidine rings is 1. The molecule has 1 aliphatic carbocycles. The van der Waals surface area contributed by atoms with Crippen LogP contribution in [0.4, 0.5) is 5.69 Å². The van der Waals surface area contributed by atoms with Gasteiger partial charge in [0.2, 0.25) is 0 Å². The van der Waals surface area contributed by atoms with Crippen molar-refractivity contribution in [2.24, 2.45) is 11.3 Å². The van der Waals surface area contributed by atoms with Crippen molar-refractivity contribution in [2.75, 3.05) is 72.0 Å². The Kier molecular flexibility index (Phi) is 9.80. The summed E-state index contributed by atoms with van der Waals surface area (Å²) in [6.07, 6.45) is 6.10. The zero-order valence-corrected chi connectivity index (χ0v) is 35.1. The van der Waals surface area contributed by atoms with Crippen molar-refractivity contribution >= 4 is 28.5 Å². The number of aliphatic hydroxyl groups excluding tert-OH is 2. The molecule has 9 rings (SSSR count). The molecule has 13 nitrogen and oxygen atoms in total. The fraction of sp³-hybridized carbons (Fsp3) is 0.609. The summed E-state index contributed by atoms with van der Waals surface area (Å²) in [5, 5.41) is 51.3. The highest BCUT2D eigenvalue weighted by molar-refractivity contribution is 5.95. The van der Waals surface area contributed by atoms with Crippen molar-refractivity contribution in [3.63, 3.8) is 0 Å². The lowest BCUT2D eigenvalue weighted by Crippen LogP contribution is -2.81. The molecule has 6 heterocycles. The van der Waals surface area contributed by atoms with E-state index < -0.39 is 51.5 Å². The minimum absolute atomic E-state index is 0.0903. The van der Waals surface area contributed by atoms with E-state index >= 15 is 4.79 Å². The Balaban J connectivity index is 1.34. The molecule has 1 aromatic heterocycles. The highest BCUT2D eigenvalue weighted by atomic mass is 16.5. The molecule has 6 N–H and O–H groups in total. The van der Waals surface area contributed by atoms with E-state index in [1.54, 1.807) is 7.11 Å². The first-order chi connectivity index (χ1) is 28.3. The van der Waals surface area contributed by atoms with E-state index in [1.807, 2.05) is 56.1 Å². The average molecular weight is 812 g/mol. The monoisotopic (exact) mass is 811 g/mol. The number of nitrogens with one attached hydrogen (secondary N) is 2. The predicted molar refractivity (Wildman–Crippen MR) is 224 cm³/mol. The summed E-state index contributed by atoms with van der Waals surface area (Å²) in [5.74, 6) is -0.727. The van der Waals surface area contributed by atoms with E-state index in [-0.39, 0.29) is 25.1 Å². The van der Waals surface area contributed by atoms with E-state index in [9.17, 15) is 25.2 Å². The molecule has 6 aliphatic rings. The zero-order chi connectivity index (χ0) is 41.7. The van der Waals surface area contributed by atoms with Gasteiger partial charge in [-0.05, 0) is 80.7 Å². The first-order valence-electron chi connectivity index (χ1n) is 21.6. The standard InChI is InChI=1S/C46H61N5O8/c1-6-42(56)24-28-25-45(41(55)59-5,36-30(14-19-50(26-28)27-42)29-12-8-9-13-33(29)48-36)32-22-31-34(23-35(32)58-4)49(3)38-44(31)16-20-51-18-10-15-43(7-2,37(44)51)39(53)46(38,57)40(54)47-17-11-21-52/h8-10,12-13,15,22-23,28,37-39,48,52-53,56-57H,6-7,11,14,16-21,24-27H2,1-5H3,(H,47,54)/t28?,37?,38?,39-,42?,43?,44?,45?,46+/m1/s1. The number of likely N-dealkylation sites (N-methyl/N-ethyl adjacent to an activating group) is 1. The number of carbonyl (C=O) groups excluding carboxylic acids is 2. The molecule has 8 unspecified atom stereocenters. The summed E-state index contributed by atoms with van der Waals surface area (Å²) in [6.45, 7) is 7.39. The van der Waals surface area contributed by atoms with Crippen LogP contribution < -0.4 is 15.0 Å². The number of hydrogen-bond acceptors (Lipinski definition) is 11. The summed E-state index contributed by atoms with van der Waals surface area (Å²) in [4.78, 5) is 40.4. The number of amides is 1. The Morgan fingerprint density at radius 1 is 1.03 bits per heavy atom. The highest BCUT2D eigenvalue weighted by Crippen LogP contribution is 2.67. The van der Waals surface area contributed by atoms with Gasteiger partial charge in [0.25, 0.3) is 5.91 Å². The van der Waals surface area contributed by atoms with Gasteiger partial charge in [-0.2, -0.15) is 0 Å². The first kappa shape index (κ1) is 40.4. The molecule has 13 heteroatoms. The normalized spacial score (nSPS) is 37.1. The van der Waals surface area contributed by atoms with E-state index in [0.717, 1.165) is 33.4 Å². The topological polar surface area (TPSA) is 171 Å². The van der Waals surface area contributed by atoms with Crippen LogP contribution in [-0.4, -0.2) is 144 Å². The molecule has 3 fully saturated rings. The minimum atomic E-state index is -2.26. The van der Waals surface area contributed by atoms with Crippen molar-refractivity contribution in [1.82, 2.24) is 20.1 Å². The molecule has 1 amide bonds. The lowest BCUT2D eigenvalue weighted by molar-refractivity contribution is -0.203. The molecule has 2 saturated heterocycles. The fourth-order valence-electron chi connectivity index (χ4n) is 13.5. The van der Waals surface area contributed by atoms with E-state index in [0.29, 0.717) is 89.0 Å². The van der Waals surface area contributed by atoms with Crippen LogP contribution in [0.15, 0.2) is 48.6 Å². The number of benzene rings is 2. The van der Waals surface area contributed by atoms with Gasteiger partial charge in [0.15, 0.2) is 5.60 Å². The lowest BCUT2D eigenvalue weighted by atomic mass is 9.47. The smallest absolute Gasteiger partial charge is 0.322 e. The Morgan fingerprint density at radius 2 is 1.83 bits per heavy atom. The summed E-state index contributed by atoms with van der Waals surface area (Å²) in [6, 6.07) is 11.0. The maximum absolute atomic E-state index is 15.3. The molecule has 2 bridgehead atoms. The van der Waals surface area contributed by atoms with Crippen molar-refractivity contribution in [1.29, 1.82) is 0 Å². The van der Waals surface area contributed by atoms with E-state index in [1.165, 1.54) is 7.11 Å². The lowest BCUT2D eigenvalue weighted by Gasteiger charge is -2.63. The second kappa shape index (κ2) is 14.3. The summed E-state index contributed by atoms with van der Waals surface area (Å²) < 4.78 is 12.3. The number of para-hydroxylation sites is 1. The second-order valence-electron chi connectivity index (χ2n) is 18.5. The zero-order valence-electron chi connectivity index (χ0n) is 35.1. The number of ether oxygens (including phenoxy) is 2. The molecule has 10 atom stereocenters. The number of esters is 1. The third-order valence-electron chi connectivity index (χ3n) is 15.8. The molecular formula is C46H61N5O8. The number of nitrogens with zero attached hydrogens (tertiary/aromatic N) is 3. The van der Waals surface area contributed by atoms with Gasteiger partial charge in [-0.3, -0.25) is 19.4 Å². The van der Waals surface area contributed by atoms with Gasteiger partial charge in [0.05, 0.1) is 25.9 Å². The van der Waals surface area contributed by atoms with Crippen LogP contribution in [0.2, 0.25) is 0 Å². The van der Waals surface area contributed by atoms with E-state index in [2.05, 4.69) is 38.3 Å². The number of anilines is 1. The van der Waals surface area contributed by atoms with Crippen LogP contribution in [0.25, 0.3) is 10.9 Å². The molecule has 5 aliphatic heterocycles. The van der Waals surface area contributed by atoms with Crippen LogP contribution >= 0.6 is 0 Å². The summed E-state index contributed by atoms with van der Waals surface area (Å²) in [5.41, 5.74) is -1.47. The number of aromatic amines is 1. The van der Waals surface area contributed by atoms with Gasteiger partial charge < -0.3 is 45.1 Å². The van der Waals surface area contributed by atoms with Gasteiger partial charge in [-0.1, -0.05) is 44.2 Å². The first-order valence-corrected chi connectivity index (χ1v) is 21.6. The SMILES string of the molecule is CCC1(O)CC2CN(CCc3c([nH]c4ccccc34)C(C(=O)OC)(c3cc4c(cc3OC)N(C)C3C45CCN4CC=CC(CC)(C45)[C@@H](O)[C@]3(O)C(=O)NCCCO)C2)C1. The minimum Gasteiger partial charge on any atom is -0.496 e. The van der Waals surface area contributed by atoms with E-state index in [4.69, 9.17) is 9.47 Å². The molecule has 0 radical (unpaired) electrons. The third kappa shape index (κ3) is 5.37. The van der Waals surface area contributed by atoms with Crippen LogP contribution in [0.3, 0.4) is 0 Å². The largest absolute Gasteiger partial charge is 0.496 e. The molecule has 1 spiro atoms. The highest BCUT2D eigenvalue weighted by Gasteiger charge is 2.78. The maximum Gasteiger partial charge on any atom is 0.322 e. The average Bonchev–Trinajstić information content (AvgIpc) is 3.90. The van der Waals surface area contributed by atoms with Crippen molar-refractivity contribution < 1.29 is 39.5 Å². The van der Waals surface area contributed by atoms with Gasteiger partial charge in [0, 0.05) is 97.2 Å². The number of aromatic nitrogens is 1. The van der Waals surface area contributed by atoms with Crippen molar-refractivity contribution in [2.45, 2.75) is 99.0 Å². The number of hydrogen-bond donors (Lipinski definition) is 6. The van der Waals surface area contributed by atoms with Crippen LogP contribution in [0, 0.1) is 11.3 Å². The molecule has 2 aromatic carbocycles. The number of carbonyl (C=O) groups is 2. The molecule has 1 saturated carbocycles. The number of methoxy groups -OCH3 is 2.